The second-order valence-corrected chi connectivity index (χ2v) is 4.63. The molecule has 3 heteroatoms. The number of carbonyl (C=O) groups excluding carboxylic acids is 1. The van der Waals surface area contributed by atoms with Crippen molar-refractivity contribution >= 4 is 5.91 Å². The molecule has 1 saturated carbocycles. The number of hydrogen-bond acceptors (Lipinski definition) is 2. The van der Waals surface area contributed by atoms with E-state index >= 15 is 0 Å². The molecule has 0 saturated heterocycles. The van der Waals surface area contributed by atoms with Crippen LogP contribution in [0.25, 0.3) is 0 Å². The fourth-order valence-corrected chi connectivity index (χ4v) is 1.97. The average molecular weight is 233 g/mol. The van der Waals surface area contributed by atoms with E-state index in [0.29, 0.717) is 11.6 Å². The summed E-state index contributed by atoms with van der Waals surface area (Å²) in [5.74, 6) is 0.207. The first-order valence-corrected chi connectivity index (χ1v) is 6.32. The fraction of sp³-hybridized carbons (Fsp3) is 0.500. The quantitative estimate of drug-likeness (QED) is 0.849. The van der Waals surface area contributed by atoms with Gasteiger partial charge in [-0.05, 0) is 37.5 Å². The number of hydrogen-bond donors (Lipinski definition) is 1. The van der Waals surface area contributed by atoms with Crippen molar-refractivity contribution in [1.29, 1.82) is 0 Å². The highest BCUT2D eigenvalue weighted by Crippen LogP contribution is 2.29. The number of unbranched alkanes of at least 4 members (excludes halogenated alkanes) is 1. The molecule has 1 aromatic carbocycles. The van der Waals surface area contributed by atoms with Crippen molar-refractivity contribution in [1.82, 2.24) is 4.90 Å². The number of phenolic OH excluding ortho intramolecular Hbond substituents is 1. The molecule has 92 valence electrons. The normalized spacial score (nSPS) is 14.6. The van der Waals surface area contributed by atoms with Crippen LogP contribution in [0.5, 0.6) is 5.75 Å². The standard InChI is InChI=1S/C14H19NO2/c1-2-3-9-15(12-7-8-12)14(17)11-5-4-6-13(16)10-11/h4-6,10,12,16H,2-3,7-9H2,1H3. The Balaban J connectivity index is 2.10. The van der Waals surface area contributed by atoms with Gasteiger partial charge in [0.2, 0.25) is 0 Å². The molecule has 0 spiro atoms. The summed E-state index contributed by atoms with van der Waals surface area (Å²) in [6, 6.07) is 7.04. The van der Waals surface area contributed by atoms with Gasteiger partial charge in [0.1, 0.15) is 5.75 Å². The summed E-state index contributed by atoms with van der Waals surface area (Å²) in [7, 11) is 0. The van der Waals surface area contributed by atoms with Crippen LogP contribution in [0, 0.1) is 0 Å². The number of carbonyl (C=O) groups is 1. The van der Waals surface area contributed by atoms with Crippen LogP contribution in [0.15, 0.2) is 24.3 Å². The highest BCUT2D eigenvalue weighted by molar-refractivity contribution is 5.95. The molecule has 2 rings (SSSR count). The van der Waals surface area contributed by atoms with Crippen LogP contribution >= 0.6 is 0 Å². The van der Waals surface area contributed by atoms with Crippen molar-refractivity contribution in [2.45, 2.75) is 38.6 Å². The number of nitrogens with zero attached hydrogens (tertiary/aromatic N) is 1. The van der Waals surface area contributed by atoms with Gasteiger partial charge in [0, 0.05) is 18.2 Å². The zero-order valence-electron chi connectivity index (χ0n) is 10.2. The van der Waals surface area contributed by atoms with Gasteiger partial charge in [0.05, 0.1) is 0 Å². The van der Waals surface area contributed by atoms with E-state index in [1.807, 2.05) is 4.90 Å². The van der Waals surface area contributed by atoms with Crippen molar-refractivity contribution in [3.05, 3.63) is 29.8 Å². The summed E-state index contributed by atoms with van der Waals surface area (Å²) in [4.78, 5) is 14.3. The summed E-state index contributed by atoms with van der Waals surface area (Å²) in [6.07, 6.45) is 4.38. The Hall–Kier alpha value is -1.51. The molecule has 1 N–H and O–H groups in total. The van der Waals surface area contributed by atoms with Crippen LogP contribution in [-0.4, -0.2) is 28.5 Å². The Labute approximate surface area is 102 Å². The van der Waals surface area contributed by atoms with E-state index in [-0.39, 0.29) is 11.7 Å². The largest absolute Gasteiger partial charge is 0.508 e. The molecule has 1 aromatic rings. The lowest BCUT2D eigenvalue weighted by Gasteiger charge is -2.22. The Morgan fingerprint density at radius 3 is 2.82 bits per heavy atom. The second-order valence-electron chi connectivity index (χ2n) is 4.63. The van der Waals surface area contributed by atoms with E-state index in [0.717, 1.165) is 32.2 Å². The molecular formula is C14H19NO2. The monoisotopic (exact) mass is 233 g/mol. The molecule has 1 aliphatic carbocycles. The minimum Gasteiger partial charge on any atom is -0.508 e. The van der Waals surface area contributed by atoms with E-state index in [4.69, 9.17) is 0 Å². The Morgan fingerprint density at radius 2 is 2.24 bits per heavy atom. The van der Waals surface area contributed by atoms with Gasteiger partial charge in [0.15, 0.2) is 0 Å². The first-order valence-electron chi connectivity index (χ1n) is 6.32. The first-order chi connectivity index (χ1) is 8.22. The van der Waals surface area contributed by atoms with Crippen LogP contribution in [0.2, 0.25) is 0 Å². The van der Waals surface area contributed by atoms with Gasteiger partial charge in [-0.15, -0.1) is 0 Å². The van der Waals surface area contributed by atoms with Gasteiger partial charge >= 0.3 is 0 Å². The Kier molecular flexibility index (Phi) is 3.67. The van der Waals surface area contributed by atoms with Crippen LogP contribution in [0.4, 0.5) is 0 Å². The number of aromatic hydroxyl groups is 1. The van der Waals surface area contributed by atoms with Crippen LogP contribution in [0.1, 0.15) is 43.0 Å². The van der Waals surface area contributed by atoms with Gasteiger partial charge < -0.3 is 10.0 Å². The van der Waals surface area contributed by atoms with Crippen LogP contribution < -0.4 is 0 Å². The predicted molar refractivity (Wildman–Crippen MR) is 67.1 cm³/mol. The van der Waals surface area contributed by atoms with Gasteiger partial charge in [0.25, 0.3) is 5.91 Å². The summed E-state index contributed by atoms with van der Waals surface area (Å²) in [5.41, 5.74) is 0.591. The van der Waals surface area contributed by atoms with E-state index < -0.39 is 0 Å². The van der Waals surface area contributed by atoms with Crippen molar-refractivity contribution < 1.29 is 9.90 Å². The van der Waals surface area contributed by atoms with Gasteiger partial charge in [-0.1, -0.05) is 19.4 Å². The molecule has 0 aromatic heterocycles. The Bertz CT molecular complexity index is 399. The molecule has 0 radical (unpaired) electrons. The molecule has 1 aliphatic rings. The number of amides is 1. The fourth-order valence-electron chi connectivity index (χ4n) is 1.97. The van der Waals surface area contributed by atoms with Gasteiger partial charge in [-0.2, -0.15) is 0 Å². The maximum atomic E-state index is 12.3. The zero-order valence-corrected chi connectivity index (χ0v) is 10.2. The predicted octanol–water partition coefficient (Wildman–Crippen LogP) is 2.80. The molecule has 1 fully saturated rings. The molecule has 3 nitrogen and oxygen atoms in total. The minimum atomic E-state index is 0.0526. The number of rotatable bonds is 5. The summed E-state index contributed by atoms with van der Waals surface area (Å²) in [6.45, 7) is 2.96. The zero-order chi connectivity index (χ0) is 12.3. The third-order valence-corrected chi connectivity index (χ3v) is 3.09. The number of phenols is 1. The number of benzene rings is 1. The lowest BCUT2D eigenvalue weighted by Crippen LogP contribution is -2.33. The maximum absolute atomic E-state index is 12.3. The van der Waals surface area contributed by atoms with Crippen molar-refractivity contribution in [3.63, 3.8) is 0 Å². The third-order valence-electron chi connectivity index (χ3n) is 3.09. The summed E-state index contributed by atoms with van der Waals surface area (Å²) in [5, 5.41) is 9.40. The molecule has 0 unspecified atom stereocenters. The van der Waals surface area contributed by atoms with Crippen LogP contribution in [-0.2, 0) is 0 Å². The lowest BCUT2D eigenvalue weighted by molar-refractivity contribution is 0.0740. The molecule has 0 heterocycles. The lowest BCUT2D eigenvalue weighted by atomic mass is 10.1. The van der Waals surface area contributed by atoms with Crippen LogP contribution in [0.3, 0.4) is 0 Å². The Morgan fingerprint density at radius 1 is 1.47 bits per heavy atom. The van der Waals surface area contributed by atoms with E-state index in [1.165, 1.54) is 0 Å². The molecule has 0 bridgehead atoms. The van der Waals surface area contributed by atoms with E-state index in [2.05, 4.69) is 6.92 Å². The topological polar surface area (TPSA) is 40.5 Å². The first kappa shape index (κ1) is 12.0. The minimum absolute atomic E-state index is 0.0526. The van der Waals surface area contributed by atoms with E-state index in [1.54, 1.807) is 24.3 Å². The summed E-state index contributed by atoms with van der Waals surface area (Å²) >= 11 is 0. The second kappa shape index (κ2) is 5.21. The average Bonchev–Trinajstić information content (AvgIpc) is 3.14. The van der Waals surface area contributed by atoms with Crippen molar-refractivity contribution in [2.24, 2.45) is 0 Å². The van der Waals surface area contributed by atoms with Gasteiger partial charge in [-0.3, -0.25) is 4.79 Å². The van der Waals surface area contributed by atoms with Crippen molar-refractivity contribution in [3.8, 4) is 5.75 Å². The highest BCUT2D eigenvalue weighted by atomic mass is 16.3. The van der Waals surface area contributed by atoms with E-state index in [9.17, 15) is 9.90 Å². The van der Waals surface area contributed by atoms with Gasteiger partial charge in [-0.25, -0.2) is 0 Å². The maximum Gasteiger partial charge on any atom is 0.254 e. The smallest absolute Gasteiger partial charge is 0.254 e. The van der Waals surface area contributed by atoms with Crippen molar-refractivity contribution in [2.75, 3.05) is 6.54 Å². The molecule has 0 aliphatic heterocycles. The molecule has 17 heavy (non-hydrogen) atoms. The molecular weight excluding hydrogens is 214 g/mol. The third kappa shape index (κ3) is 2.99. The summed E-state index contributed by atoms with van der Waals surface area (Å²) < 4.78 is 0. The molecule has 0 atom stereocenters. The SMILES string of the molecule is CCCCN(C(=O)c1cccc(O)c1)C1CC1. The highest BCUT2D eigenvalue weighted by Gasteiger charge is 2.32. The molecule has 1 amide bonds.